The highest BCUT2D eigenvalue weighted by atomic mass is 32.1. The van der Waals surface area contributed by atoms with E-state index in [4.69, 9.17) is 4.74 Å². The van der Waals surface area contributed by atoms with Crippen molar-refractivity contribution in [2.45, 2.75) is 13.8 Å². The minimum absolute atomic E-state index is 0.569. The molecular weight excluding hydrogens is 198 g/mol. The number of aryl methyl sites for hydroxylation is 1. The number of rotatable bonds is 3. The van der Waals surface area contributed by atoms with Crippen LogP contribution >= 0.6 is 11.3 Å². The molecule has 0 spiro atoms. The van der Waals surface area contributed by atoms with Gasteiger partial charge in [-0.25, -0.2) is 0 Å². The van der Waals surface area contributed by atoms with E-state index in [0.29, 0.717) is 13.2 Å². The second-order valence-corrected chi connectivity index (χ2v) is 4.18. The molecule has 1 aromatic rings. The Morgan fingerprint density at radius 3 is 3.07 bits per heavy atom. The Morgan fingerprint density at radius 2 is 2.43 bits per heavy atom. The summed E-state index contributed by atoms with van der Waals surface area (Å²) in [7, 11) is 0. The van der Waals surface area contributed by atoms with Crippen LogP contribution in [0.2, 0.25) is 0 Å². The van der Waals surface area contributed by atoms with Gasteiger partial charge in [-0.05, 0) is 25.1 Å². The second-order valence-electron chi connectivity index (χ2n) is 2.92. The number of nitrogens with zero attached hydrogens (tertiary/aromatic N) is 3. The number of thiophene rings is 1. The maximum atomic E-state index is 5.52. The molecule has 0 aromatic carbocycles. The third-order valence-corrected chi connectivity index (χ3v) is 2.91. The Hall–Kier alpha value is -1.23. The van der Waals surface area contributed by atoms with Crippen molar-refractivity contribution in [1.82, 2.24) is 0 Å². The van der Waals surface area contributed by atoms with Crippen LogP contribution in [0.4, 0.5) is 0 Å². The predicted octanol–water partition coefficient (Wildman–Crippen LogP) is 2.63. The Labute approximate surface area is 86.3 Å². The van der Waals surface area contributed by atoms with Gasteiger partial charge in [0.1, 0.15) is 18.0 Å². The van der Waals surface area contributed by atoms with E-state index in [-0.39, 0.29) is 0 Å². The molecule has 0 saturated heterocycles. The molecular formula is C9H11N3OS. The molecule has 0 atom stereocenters. The van der Waals surface area contributed by atoms with E-state index in [1.54, 1.807) is 11.3 Å². The fourth-order valence-corrected chi connectivity index (χ4v) is 2.22. The lowest BCUT2D eigenvalue weighted by Gasteiger charge is -2.02. The lowest BCUT2D eigenvalue weighted by Crippen LogP contribution is -2.02. The van der Waals surface area contributed by atoms with Crippen molar-refractivity contribution >= 4 is 17.0 Å². The van der Waals surface area contributed by atoms with Crippen molar-refractivity contribution < 1.29 is 4.74 Å². The van der Waals surface area contributed by atoms with Gasteiger partial charge >= 0.3 is 0 Å². The number of hydrogen-bond donors (Lipinski definition) is 0. The Kier molecular flexibility index (Phi) is 2.58. The highest BCUT2D eigenvalue weighted by Gasteiger charge is 2.16. The molecule has 4 nitrogen and oxygen atoms in total. The van der Waals surface area contributed by atoms with E-state index in [9.17, 15) is 0 Å². The molecule has 0 radical (unpaired) electrons. The summed E-state index contributed by atoms with van der Waals surface area (Å²) in [6, 6.07) is 2.03. The molecule has 74 valence electrons. The molecule has 0 N–H and O–H groups in total. The summed E-state index contributed by atoms with van der Waals surface area (Å²) in [6.07, 6.45) is 0. The van der Waals surface area contributed by atoms with Gasteiger partial charge in [-0.1, -0.05) is 0 Å². The molecule has 0 amide bonds. The smallest absolute Gasteiger partial charge is 0.139 e. The SMILES string of the molecule is CCOc1cc(C)sc1C1=NN=NC1. The van der Waals surface area contributed by atoms with Crippen LogP contribution < -0.4 is 4.74 Å². The van der Waals surface area contributed by atoms with Crippen LogP contribution in [-0.2, 0) is 0 Å². The van der Waals surface area contributed by atoms with Gasteiger partial charge in [0, 0.05) is 4.88 Å². The first-order valence-electron chi connectivity index (χ1n) is 4.48. The largest absolute Gasteiger partial charge is 0.492 e. The average molecular weight is 209 g/mol. The van der Waals surface area contributed by atoms with Gasteiger partial charge < -0.3 is 4.74 Å². The van der Waals surface area contributed by atoms with Crippen molar-refractivity contribution in [2.24, 2.45) is 15.4 Å². The third kappa shape index (κ3) is 1.68. The summed E-state index contributed by atoms with van der Waals surface area (Å²) in [5, 5.41) is 11.4. The highest BCUT2D eigenvalue weighted by molar-refractivity contribution is 7.14. The molecule has 2 heterocycles. The summed E-state index contributed by atoms with van der Waals surface area (Å²) < 4.78 is 5.52. The van der Waals surface area contributed by atoms with Gasteiger partial charge in [0.05, 0.1) is 11.5 Å². The normalized spacial score (nSPS) is 14.6. The molecule has 2 rings (SSSR count). The summed E-state index contributed by atoms with van der Waals surface area (Å²) in [5.41, 5.74) is 0.909. The van der Waals surface area contributed by atoms with Crippen molar-refractivity contribution in [3.63, 3.8) is 0 Å². The molecule has 0 aliphatic carbocycles. The zero-order valence-electron chi connectivity index (χ0n) is 8.15. The third-order valence-electron chi connectivity index (χ3n) is 1.83. The van der Waals surface area contributed by atoms with Crippen molar-refractivity contribution in [3.8, 4) is 5.75 Å². The summed E-state index contributed by atoms with van der Waals surface area (Å²) in [5.74, 6) is 0.904. The first-order valence-corrected chi connectivity index (χ1v) is 5.30. The van der Waals surface area contributed by atoms with Crippen molar-refractivity contribution in [3.05, 3.63) is 15.8 Å². The van der Waals surface area contributed by atoms with Gasteiger partial charge in [-0.15, -0.1) is 16.4 Å². The Morgan fingerprint density at radius 1 is 1.57 bits per heavy atom. The van der Waals surface area contributed by atoms with Gasteiger partial charge in [0.15, 0.2) is 0 Å². The molecule has 0 saturated carbocycles. The average Bonchev–Trinajstić information content (AvgIpc) is 2.74. The zero-order chi connectivity index (χ0) is 9.97. The van der Waals surface area contributed by atoms with Gasteiger partial charge in [-0.3, -0.25) is 0 Å². The summed E-state index contributed by atoms with van der Waals surface area (Å²) in [6.45, 7) is 5.27. The van der Waals surface area contributed by atoms with Crippen LogP contribution in [0.1, 0.15) is 16.7 Å². The number of hydrogen-bond acceptors (Lipinski definition) is 5. The van der Waals surface area contributed by atoms with Crippen LogP contribution in [0, 0.1) is 6.92 Å². The maximum Gasteiger partial charge on any atom is 0.139 e. The Balaban J connectivity index is 2.31. The summed E-state index contributed by atoms with van der Waals surface area (Å²) in [4.78, 5) is 2.28. The molecule has 0 unspecified atom stereocenters. The van der Waals surface area contributed by atoms with Crippen LogP contribution in [0.5, 0.6) is 5.75 Å². The number of ether oxygens (including phenoxy) is 1. The maximum absolute atomic E-state index is 5.52. The first-order chi connectivity index (χ1) is 6.81. The van der Waals surface area contributed by atoms with Crippen LogP contribution in [0.25, 0.3) is 0 Å². The van der Waals surface area contributed by atoms with E-state index in [0.717, 1.165) is 16.3 Å². The molecule has 1 aliphatic rings. The first kappa shape index (κ1) is 9.33. The topological polar surface area (TPSA) is 46.3 Å². The molecule has 14 heavy (non-hydrogen) atoms. The van der Waals surface area contributed by atoms with E-state index in [1.165, 1.54) is 4.88 Å². The van der Waals surface area contributed by atoms with Crippen LogP contribution in [0.3, 0.4) is 0 Å². The lowest BCUT2D eigenvalue weighted by molar-refractivity contribution is 0.341. The van der Waals surface area contributed by atoms with E-state index in [1.807, 2.05) is 13.0 Å². The van der Waals surface area contributed by atoms with Crippen molar-refractivity contribution in [2.75, 3.05) is 13.2 Å². The van der Waals surface area contributed by atoms with E-state index >= 15 is 0 Å². The molecule has 5 heteroatoms. The molecule has 1 aliphatic heterocycles. The minimum Gasteiger partial charge on any atom is -0.492 e. The predicted molar refractivity (Wildman–Crippen MR) is 56.5 cm³/mol. The quantitative estimate of drug-likeness (QED) is 0.754. The van der Waals surface area contributed by atoms with E-state index < -0.39 is 0 Å². The summed E-state index contributed by atoms with van der Waals surface area (Å²) >= 11 is 1.68. The second kappa shape index (κ2) is 3.88. The minimum atomic E-state index is 0.569. The lowest BCUT2D eigenvalue weighted by atomic mass is 10.3. The van der Waals surface area contributed by atoms with Gasteiger partial charge in [-0.2, -0.15) is 5.11 Å². The fraction of sp³-hybridized carbons (Fsp3) is 0.444. The fourth-order valence-electron chi connectivity index (χ4n) is 1.29. The standard InChI is InChI=1S/C9H11N3OS/c1-3-13-8-4-6(2)14-9(8)7-5-10-12-11-7/h4H,3,5H2,1-2H3. The zero-order valence-corrected chi connectivity index (χ0v) is 8.97. The van der Waals surface area contributed by atoms with Crippen LogP contribution in [0.15, 0.2) is 21.5 Å². The molecule has 0 bridgehead atoms. The van der Waals surface area contributed by atoms with Crippen LogP contribution in [-0.4, -0.2) is 18.9 Å². The monoisotopic (exact) mass is 209 g/mol. The van der Waals surface area contributed by atoms with Crippen molar-refractivity contribution in [1.29, 1.82) is 0 Å². The van der Waals surface area contributed by atoms with Gasteiger partial charge in [0.25, 0.3) is 0 Å². The highest BCUT2D eigenvalue weighted by Crippen LogP contribution is 2.30. The van der Waals surface area contributed by atoms with Gasteiger partial charge in [0.2, 0.25) is 0 Å². The molecule has 0 fully saturated rings. The molecule has 1 aromatic heterocycles. The Bertz CT molecular complexity index is 395. The van der Waals surface area contributed by atoms with E-state index in [2.05, 4.69) is 22.4 Å².